The number of anilines is 3. The maximum Gasteiger partial charge on any atom is 0.305 e. The number of aliphatic carboxylic acids is 1. The van der Waals surface area contributed by atoms with E-state index in [4.69, 9.17) is 23.2 Å². The average molecular weight is 491 g/mol. The zero-order valence-electron chi connectivity index (χ0n) is 17.4. The Morgan fingerprint density at radius 2 is 1.61 bits per heavy atom. The summed E-state index contributed by atoms with van der Waals surface area (Å²) in [5.41, 5.74) is -0.117. The Morgan fingerprint density at radius 3 is 2.18 bits per heavy atom. The van der Waals surface area contributed by atoms with E-state index >= 15 is 0 Å². The van der Waals surface area contributed by atoms with Crippen molar-refractivity contribution in [1.82, 2.24) is 4.98 Å². The van der Waals surface area contributed by atoms with Gasteiger partial charge in [-0.3, -0.25) is 24.2 Å². The lowest BCUT2D eigenvalue weighted by molar-refractivity contribution is -0.137. The lowest BCUT2D eigenvalue weighted by Crippen LogP contribution is -2.38. The molecule has 4 N–H and O–H groups in total. The molecule has 0 saturated heterocycles. The Kier molecular flexibility index (Phi) is 7.67. The highest BCUT2D eigenvalue weighted by atomic mass is 35.5. The largest absolute Gasteiger partial charge is 0.481 e. The Labute approximate surface area is 198 Å². The minimum Gasteiger partial charge on any atom is -0.481 e. The van der Waals surface area contributed by atoms with E-state index in [2.05, 4.69) is 20.9 Å². The fraction of sp³-hybridized carbons (Fsp3) is 0.227. The molecule has 0 aliphatic heterocycles. The van der Waals surface area contributed by atoms with Gasteiger partial charge >= 0.3 is 5.97 Å². The van der Waals surface area contributed by atoms with Gasteiger partial charge in [0.05, 0.1) is 28.2 Å². The molecule has 1 atom stereocenters. The number of nitrogens with zero attached hydrogens (tertiary/aromatic N) is 1. The first-order valence-electron chi connectivity index (χ1n) is 9.98. The van der Waals surface area contributed by atoms with Crippen LogP contribution in [0.5, 0.6) is 0 Å². The number of aromatic nitrogens is 1. The van der Waals surface area contributed by atoms with Gasteiger partial charge in [-0.05, 0) is 24.1 Å². The number of rotatable bonds is 10. The highest BCUT2D eigenvalue weighted by Gasteiger charge is 2.25. The van der Waals surface area contributed by atoms with Gasteiger partial charge in [0.25, 0.3) is 16.8 Å². The van der Waals surface area contributed by atoms with E-state index in [1.807, 2.05) is 6.92 Å². The van der Waals surface area contributed by atoms with E-state index in [1.165, 1.54) is 24.5 Å². The molecule has 11 heteroatoms. The van der Waals surface area contributed by atoms with Crippen LogP contribution in [0, 0.1) is 0 Å². The predicted molar refractivity (Wildman–Crippen MR) is 127 cm³/mol. The van der Waals surface area contributed by atoms with Crippen LogP contribution in [0.2, 0.25) is 10.0 Å². The van der Waals surface area contributed by atoms with Crippen molar-refractivity contribution in [3.63, 3.8) is 0 Å². The molecular formula is C22H20Cl2N4O5. The van der Waals surface area contributed by atoms with Crippen molar-refractivity contribution in [2.75, 3.05) is 22.5 Å². The van der Waals surface area contributed by atoms with Crippen LogP contribution in [0.3, 0.4) is 0 Å². The molecule has 9 nitrogen and oxygen atoms in total. The first-order valence-corrected chi connectivity index (χ1v) is 10.7. The fourth-order valence-electron chi connectivity index (χ4n) is 3.13. The third-order valence-corrected chi connectivity index (χ3v) is 5.40. The number of carbonyl (C=O) groups is 2. The highest BCUT2D eigenvalue weighted by molar-refractivity contribution is 6.39. The second-order valence-electron chi connectivity index (χ2n) is 7.18. The van der Waals surface area contributed by atoms with Crippen molar-refractivity contribution in [3.8, 4) is 0 Å². The number of carboxylic acid groups (broad SMARTS) is 1. The zero-order chi connectivity index (χ0) is 24.1. The Balaban J connectivity index is 1.80. The van der Waals surface area contributed by atoms with Crippen LogP contribution >= 0.6 is 23.2 Å². The molecule has 0 radical (unpaired) electrons. The van der Waals surface area contributed by atoms with Gasteiger partial charge in [0.2, 0.25) is 0 Å². The molecule has 2 aromatic carbocycles. The minimum atomic E-state index is -1.10. The van der Waals surface area contributed by atoms with Crippen LogP contribution in [0.4, 0.5) is 17.1 Å². The minimum absolute atomic E-state index is 0.0588. The normalized spacial score (nSPS) is 11.7. The number of hydrogen-bond acceptors (Lipinski definition) is 7. The van der Waals surface area contributed by atoms with E-state index < -0.39 is 28.8 Å². The molecule has 172 valence electrons. The first-order chi connectivity index (χ1) is 15.7. The number of hydrogen-bond donors (Lipinski definition) is 4. The lowest BCUT2D eigenvalue weighted by Gasteiger charge is -2.22. The molecular weight excluding hydrogens is 471 g/mol. The fourth-order valence-corrected chi connectivity index (χ4v) is 3.59. The molecule has 33 heavy (non-hydrogen) atoms. The Morgan fingerprint density at radius 1 is 1.00 bits per heavy atom. The van der Waals surface area contributed by atoms with Gasteiger partial charge in [-0.2, -0.15) is 0 Å². The molecule has 1 heterocycles. The van der Waals surface area contributed by atoms with Crippen molar-refractivity contribution >= 4 is 52.1 Å². The molecule has 3 rings (SSSR count). The summed E-state index contributed by atoms with van der Waals surface area (Å²) < 4.78 is 0. The second kappa shape index (κ2) is 10.5. The number of carboxylic acids is 1. The first kappa shape index (κ1) is 24.2. The molecule has 0 spiro atoms. The van der Waals surface area contributed by atoms with Crippen molar-refractivity contribution in [2.24, 2.45) is 0 Å². The van der Waals surface area contributed by atoms with Gasteiger partial charge in [0, 0.05) is 24.5 Å². The van der Waals surface area contributed by atoms with Crippen LogP contribution in [0.25, 0.3) is 0 Å². The molecule has 1 unspecified atom stereocenters. The molecule has 1 amide bonds. The van der Waals surface area contributed by atoms with Gasteiger partial charge < -0.3 is 21.1 Å². The Hall–Kier alpha value is -3.43. The molecule has 0 aliphatic carbocycles. The van der Waals surface area contributed by atoms with Crippen molar-refractivity contribution in [1.29, 1.82) is 0 Å². The smallest absolute Gasteiger partial charge is 0.305 e. The molecule has 1 aromatic heterocycles. The van der Waals surface area contributed by atoms with Gasteiger partial charge in [-0.25, -0.2) is 0 Å². The summed E-state index contributed by atoms with van der Waals surface area (Å²) in [5, 5.41) is 18.0. The molecule has 0 bridgehead atoms. The summed E-state index contributed by atoms with van der Waals surface area (Å²) in [4.78, 5) is 51.7. The number of carbonyl (C=O) groups excluding carboxylic acids is 1. The summed E-state index contributed by atoms with van der Waals surface area (Å²) in [6.45, 7) is 2.41. The summed E-state index contributed by atoms with van der Waals surface area (Å²) in [5.74, 6) is -1.58. The van der Waals surface area contributed by atoms with Gasteiger partial charge in [-0.1, -0.05) is 42.3 Å². The second-order valence-corrected chi connectivity index (χ2v) is 8.00. The highest BCUT2D eigenvalue weighted by Crippen LogP contribution is 2.30. The SMILES string of the molecule is CCCNc1c(NC(CC(=O)O)c2ccc(C(=O)Nc3c(Cl)cncc3Cl)cc2)c(=O)c1=O. The lowest BCUT2D eigenvalue weighted by atomic mass is 10.0. The van der Waals surface area contributed by atoms with Crippen LogP contribution in [0.15, 0.2) is 46.2 Å². The standard InChI is InChI=1S/C22H20Cl2N4O5/c1-2-7-26-18-19(21(32)20(18)31)27-15(8-16(29)30)11-3-5-12(6-4-11)22(33)28-17-13(23)9-25-10-14(17)24/h3-6,9-10,15,26-27H,2,7-8H2,1H3,(H,29,30)(H,25,28,33). The summed E-state index contributed by atoms with van der Waals surface area (Å²) in [6.07, 6.45) is 3.09. The summed E-state index contributed by atoms with van der Waals surface area (Å²) in [6, 6.07) is 5.34. The topological polar surface area (TPSA) is 137 Å². The van der Waals surface area contributed by atoms with Crippen molar-refractivity contribution in [2.45, 2.75) is 25.8 Å². The molecule has 0 saturated carbocycles. The van der Waals surface area contributed by atoms with E-state index in [0.29, 0.717) is 12.1 Å². The number of benzene rings is 1. The van der Waals surface area contributed by atoms with Crippen molar-refractivity contribution < 1.29 is 14.7 Å². The summed E-state index contributed by atoms with van der Waals surface area (Å²) >= 11 is 12.0. The van der Waals surface area contributed by atoms with E-state index in [9.17, 15) is 24.3 Å². The van der Waals surface area contributed by atoms with Crippen LogP contribution in [0.1, 0.15) is 41.7 Å². The number of pyridine rings is 1. The van der Waals surface area contributed by atoms with Gasteiger partial charge in [0.15, 0.2) is 0 Å². The molecule has 0 aliphatic rings. The van der Waals surface area contributed by atoms with Crippen LogP contribution in [-0.2, 0) is 4.79 Å². The predicted octanol–water partition coefficient (Wildman–Crippen LogP) is 3.69. The quantitative estimate of drug-likeness (QED) is 0.315. The van der Waals surface area contributed by atoms with E-state index in [0.717, 1.165) is 6.42 Å². The van der Waals surface area contributed by atoms with E-state index in [1.54, 1.807) is 12.1 Å². The van der Waals surface area contributed by atoms with Crippen LogP contribution in [-0.4, -0.2) is 28.5 Å². The van der Waals surface area contributed by atoms with Crippen LogP contribution < -0.4 is 26.8 Å². The number of amides is 1. The average Bonchev–Trinajstić information content (AvgIpc) is 2.79. The van der Waals surface area contributed by atoms with E-state index in [-0.39, 0.29) is 39.1 Å². The maximum absolute atomic E-state index is 12.6. The molecule has 0 fully saturated rings. The molecule has 3 aromatic rings. The van der Waals surface area contributed by atoms with Gasteiger partial charge in [-0.15, -0.1) is 0 Å². The number of nitrogens with one attached hydrogen (secondary N) is 3. The zero-order valence-corrected chi connectivity index (χ0v) is 19.0. The van der Waals surface area contributed by atoms with Crippen molar-refractivity contribution in [3.05, 3.63) is 78.3 Å². The maximum atomic E-state index is 12.6. The number of halogens is 2. The van der Waals surface area contributed by atoms with Gasteiger partial charge in [0.1, 0.15) is 11.4 Å². The summed E-state index contributed by atoms with van der Waals surface area (Å²) in [7, 11) is 0. The monoisotopic (exact) mass is 490 g/mol. The Bertz CT molecular complexity index is 1230. The third kappa shape index (κ3) is 5.50. The third-order valence-electron chi connectivity index (χ3n) is 4.83.